The summed E-state index contributed by atoms with van der Waals surface area (Å²) >= 11 is 0. The molecule has 1 N–H and O–H groups in total. The first-order valence-electron chi connectivity index (χ1n) is 5.85. The lowest BCUT2D eigenvalue weighted by Crippen LogP contribution is -2.42. The molecule has 3 heteroatoms. The number of morpholine rings is 1. The average Bonchev–Trinajstić information content (AvgIpc) is 2.19. The highest BCUT2D eigenvalue weighted by Crippen LogP contribution is 2.10. The fourth-order valence-corrected chi connectivity index (χ4v) is 1.98. The lowest BCUT2D eigenvalue weighted by molar-refractivity contribution is -0.0324. The van der Waals surface area contributed by atoms with E-state index in [0.717, 1.165) is 26.2 Å². The molecule has 0 amide bonds. The van der Waals surface area contributed by atoms with E-state index < -0.39 is 0 Å². The highest BCUT2D eigenvalue weighted by atomic mass is 16.5. The topological polar surface area (TPSA) is 24.5 Å². The lowest BCUT2D eigenvalue weighted by atomic mass is 10.1. The van der Waals surface area contributed by atoms with Gasteiger partial charge in [0.2, 0.25) is 0 Å². The van der Waals surface area contributed by atoms with Crippen molar-refractivity contribution in [1.82, 2.24) is 10.2 Å². The largest absolute Gasteiger partial charge is 0.376 e. The third-order valence-corrected chi connectivity index (χ3v) is 2.72. The monoisotopic (exact) mass is 200 g/mol. The van der Waals surface area contributed by atoms with Crippen LogP contribution in [-0.4, -0.2) is 50.8 Å². The van der Waals surface area contributed by atoms with Crippen LogP contribution in [0.4, 0.5) is 0 Å². The van der Waals surface area contributed by atoms with Crippen LogP contribution in [0.5, 0.6) is 0 Å². The van der Waals surface area contributed by atoms with Gasteiger partial charge in [0.05, 0.1) is 12.7 Å². The Bertz CT molecular complexity index is 139. The summed E-state index contributed by atoms with van der Waals surface area (Å²) in [6, 6.07) is 0. The minimum absolute atomic E-state index is 0.476. The van der Waals surface area contributed by atoms with Gasteiger partial charge in [-0.1, -0.05) is 6.92 Å². The first-order valence-corrected chi connectivity index (χ1v) is 5.85. The van der Waals surface area contributed by atoms with Crippen LogP contribution in [0.1, 0.15) is 26.2 Å². The molecule has 0 aromatic rings. The van der Waals surface area contributed by atoms with Crippen molar-refractivity contribution in [2.75, 3.05) is 39.8 Å². The molecule has 1 atom stereocenters. The number of hydrogen-bond acceptors (Lipinski definition) is 3. The summed E-state index contributed by atoms with van der Waals surface area (Å²) in [6.45, 7) is 7.75. The van der Waals surface area contributed by atoms with E-state index in [1.54, 1.807) is 0 Å². The molecule has 0 spiro atoms. The molecule has 1 unspecified atom stereocenters. The second kappa shape index (κ2) is 7.21. The summed E-state index contributed by atoms with van der Waals surface area (Å²) < 4.78 is 5.73. The third-order valence-electron chi connectivity index (χ3n) is 2.72. The van der Waals surface area contributed by atoms with Gasteiger partial charge in [-0.2, -0.15) is 0 Å². The zero-order valence-electron chi connectivity index (χ0n) is 9.59. The number of nitrogens with zero attached hydrogens (tertiary/aromatic N) is 1. The van der Waals surface area contributed by atoms with Gasteiger partial charge in [0.1, 0.15) is 0 Å². The first kappa shape index (κ1) is 12.0. The van der Waals surface area contributed by atoms with Crippen LogP contribution in [0.25, 0.3) is 0 Å². The van der Waals surface area contributed by atoms with Crippen LogP contribution in [0.15, 0.2) is 0 Å². The number of ether oxygens (including phenoxy) is 1. The van der Waals surface area contributed by atoms with Crippen LogP contribution in [-0.2, 0) is 4.74 Å². The van der Waals surface area contributed by atoms with Crippen molar-refractivity contribution in [2.24, 2.45) is 0 Å². The molecule has 14 heavy (non-hydrogen) atoms. The Hall–Kier alpha value is -0.120. The van der Waals surface area contributed by atoms with Crippen molar-refractivity contribution in [3.8, 4) is 0 Å². The van der Waals surface area contributed by atoms with Crippen LogP contribution >= 0.6 is 0 Å². The predicted molar refractivity (Wildman–Crippen MR) is 59.6 cm³/mol. The molecular weight excluding hydrogens is 176 g/mol. The number of nitrogens with one attached hydrogen (secondary N) is 1. The van der Waals surface area contributed by atoms with Crippen LogP contribution in [0.2, 0.25) is 0 Å². The molecule has 1 saturated heterocycles. The lowest BCUT2D eigenvalue weighted by Gasteiger charge is -2.32. The second-order valence-electron chi connectivity index (χ2n) is 4.04. The van der Waals surface area contributed by atoms with Crippen molar-refractivity contribution in [3.63, 3.8) is 0 Å². The minimum Gasteiger partial charge on any atom is -0.376 e. The summed E-state index contributed by atoms with van der Waals surface area (Å²) in [6.07, 6.45) is 4.15. The van der Waals surface area contributed by atoms with E-state index in [0.29, 0.717) is 6.10 Å². The highest BCUT2D eigenvalue weighted by Gasteiger charge is 2.18. The van der Waals surface area contributed by atoms with Crippen molar-refractivity contribution in [3.05, 3.63) is 0 Å². The second-order valence-corrected chi connectivity index (χ2v) is 4.04. The molecule has 1 rings (SSSR count). The molecule has 1 heterocycles. The summed E-state index contributed by atoms with van der Waals surface area (Å²) in [5.41, 5.74) is 0. The van der Waals surface area contributed by atoms with Gasteiger partial charge >= 0.3 is 0 Å². The Kier molecular flexibility index (Phi) is 6.15. The zero-order valence-corrected chi connectivity index (χ0v) is 9.59. The fraction of sp³-hybridized carbons (Fsp3) is 1.00. The molecule has 0 aliphatic carbocycles. The van der Waals surface area contributed by atoms with Crippen LogP contribution < -0.4 is 5.32 Å². The van der Waals surface area contributed by atoms with Crippen molar-refractivity contribution >= 4 is 0 Å². The maximum absolute atomic E-state index is 5.73. The molecule has 0 aromatic carbocycles. The Morgan fingerprint density at radius 1 is 1.50 bits per heavy atom. The molecule has 0 bridgehead atoms. The zero-order chi connectivity index (χ0) is 10.2. The predicted octanol–water partition coefficient (Wildman–Crippen LogP) is 1.10. The van der Waals surface area contributed by atoms with Gasteiger partial charge in [0, 0.05) is 13.1 Å². The number of rotatable bonds is 6. The van der Waals surface area contributed by atoms with E-state index in [1.807, 2.05) is 7.05 Å². The quantitative estimate of drug-likeness (QED) is 0.650. The third kappa shape index (κ3) is 4.40. The molecule has 0 radical (unpaired) electrons. The number of hydrogen-bond donors (Lipinski definition) is 1. The Morgan fingerprint density at radius 2 is 2.36 bits per heavy atom. The van der Waals surface area contributed by atoms with E-state index >= 15 is 0 Å². The van der Waals surface area contributed by atoms with Crippen LogP contribution in [0, 0.1) is 0 Å². The summed E-state index contributed by atoms with van der Waals surface area (Å²) in [7, 11) is 2.01. The van der Waals surface area contributed by atoms with Gasteiger partial charge in [-0.05, 0) is 39.4 Å². The van der Waals surface area contributed by atoms with Gasteiger partial charge in [-0.25, -0.2) is 0 Å². The van der Waals surface area contributed by atoms with Crippen molar-refractivity contribution < 1.29 is 4.74 Å². The van der Waals surface area contributed by atoms with Gasteiger partial charge in [0.25, 0.3) is 0 Å². The molecule has 84 valence electrons. The molecule has 0 saturated carbocycles. The smallest absolute Gasteiger partial charge is 0.0703 e. The SMILES string of the molecule is CCCN1CCOC(CCCNC)C1. The fourth-order valence-electron chi connectivity index (χ4n) is 1.98. The van der Waals surface area contributed by atoms with Gasteiger partial charge in [-0.15, -0.1) is 0 Å². The minimum atomic E-state index is 0.476. The summed E-state index contributed by atoms with van der Waals surface area (Å²) in [4.78, 5) is 2.52. The molecule has 1 aliphatic rings. The standard InChI is InChI=1S/C11H24N2O/c1-3-7-13-8-9-14-11(10-13)5-4-6-12-2/h11-12H,3-10H2,1-2H3. The van der Waals surface area contributed by atoms with Gasteiger partial charge in [-0.3, -0.25) is 4.90 Å². The Balaban J connectivity index is 2.12. The van der Waals surface area contributed by atoms with E-state index in [4.69, 9.17) is 4.74 Å². The average molecular weight is 200 g/mol. The molecular formula is C11H24N2O. The van der Waals surface area contributed by atoms with E-state index in [-0.39, 0.29) is 0 Å². The molecule has 1 fully saturated rings. The Morgan fingerprint density at radius 3 is 3.07 bits per heavy atom. The van der Waals surface area contributed by atoms with E-state index in [9.17, 15) is 0 Å². The summed E-state index contributed by atoms with van der Waals surface area (Å²) in [5.74, 6) is 0. The van der Waals surface area contributed by atoms with Gasteiger partial charge < -0.3 is 10.1 Å². The normalized spacial score (nSPS) is 24.0. The highest BCUT2D eigenvalue weighted by molar-refractivity contribution is 4.71. The van der Waals surface area contributed by atoms with E-state index in [1.165, 1.54) is 25.8 Å². The molecule has 1 aliphatic heterocycles. The maximum atomic E-state index is 5.73. The Labute approximate surface area is 87.8 Å². The van der Waals surface area contributed by atoms with Crippen LogP contribution in [0.3, 0.4) is 0 Å². The van der Waals surface area contributed by atoms with Crippen molar-refractivity contribution in [2.45, 2.75) is 32.3 Å². The van der Waals surface area contributed by atoms with Gasteiger partial charge in [0.15, 0.2) is 0 Å². The molecule has 3 nitrogen and oxygen atoms in total. The maximum Gasteiger partial charge on any atom is 0.0703 e. The first-order chi connectivity index (χ1) is 6.86. The molecule has 0 aromatic heterocycles. The van der Waals surface area contributed by atoms with E-state index in [2.05, 4.69) is 17.1 Å². The van der Waals surface area contributed by atoms with Crippen molar-refractivity contribution in [1.29, 1.82) is 0 Å². The summed E-state index contributed by atoms with van der Waals surface area (Å²) in [5, 5.41) is 3.17.